The maximum Gasteiger partial charge on any atom is 0.227 e. The van der Waals surface area contributed by atoms with Crippen LogP contribution < -0.4 is 5.32 Å². The molecule has 3 rings (SSSR count). The van der Waals surface area contributed by atoms with Crippen molar-refractivity contribution < 1.29 is 4.79 Å². The molecule has 0 saturated carbocycles. The zero-order valence-electron chi connectivity index (χ0n) is 10.5. The van der Waals surface area contributed by atoms with Gasteiger partial charge in [-0.05, 0) is 43.0 Å². The topological polar surface area (TPSA) is 45.2 Å². The van der Waals surface area contributed by atoms with Crippen molar-refractivity contribution >= 4 is 5.91 Å². The molecular weight excluding hydrogens is 226 g/mol. The van der Waals surface area contributed by atoms with Gasteiger partial charge in [0, 0.05) is 25.5 Å². The van der Waals surface area contributed by atoms with Gasteiger partial charge in [0.05, 0.1) is 6.42 Å². The van der Waals surface area contributed by atoms with E-state index in [1.807, 2.05) is 17.0 Å². The zero-order chi connectivity index (χ0) is 12.4. The van der Waals surface area contributed by atoms with Crippen LogP contribution in [-0.2, 0) is 11.2 Å². The molecule has 4 heteroatoms. The molecule has 0 unspecified atom stereocenters. The molecule has 2 saturated heterocycles. The number of fused-ring (bicyclic) bond motifs is 2. The highest BCUT2D eigenvalue weighted by molar-refractivity contribution is 5.78. The molecule has 2 bridgehead atoms. The van der Waals surface area contributed by atoms with Crippen molar-refractivity contribution in [3.05, 3.63) is 30.1 Å². The van der Waals surface area contributed by atoms with Crippen molar-refractivity contribution in [3.8, 4) is 0 Å². The highest BCUT2D eigenvalue weighted by Gasteiger charge is 2.32. The average molecular weight is 245 g/mol. The number of rotatable bonds is 2. The Morgan fingerprint density at radius 1 is 1.39 bits per heavy atom. The lowest BCUT2D eigenvalue weighted by Gasteiger charge is -2.41. The maximum atomic E-state index is 12.3. The Morgan fingerprint density at radius 3 is 2.83 bits per heavy atom. The summed E-state index contributed by atoms with van der Waals surface area (Å²) >= 11 is 0. The molecule has 0 aliphatic carbocycles. The lowest BCUT2D eigenvalue weighted by molar-refractivity contribution is -0.133. The van der Waals surface area contributed by atoms with Crippen LogP contribution in [0.25, 0.3) is 0 Å². The van der Waals surface area contributed by atoms with Crippen molar-refractivity contribution in [3.63, 3.8) is 0 Å². The smallest absolute Gasteiger partial charge is 0.227 e. The Kier molecular flexibility index (Phi) is 3.28. The van der Waals surface area contributed by atoms with E-state index in [4.69, 9.17) is 0 Å². The summed E-state index contributed by atoms with van der Waals surface area (Å²) in [5.41, 5.74) is 1.01. The summed E-state index contributed by atoms with van der Waals surface area (Å²) in [5.74, 6) is 1.55. The van der Waals surface area contributed by atoms with Crippen molar-refractivity contribution in [2.45, 2.75) is 12.8 Å². The third-order valence-corrected chi connectivity index (χ3v) is 3.92. The summed E-state index contributed by atoms with van der Waals surface area (Å²) in [6.45, 7) is 3.96. The molecule has 2 aliphatic heterocycles. The minimum Gasteiger partial charge on any atom is -0.342 e. The normalized spacial score (nSPS) is 27.0. The molecule has 4 nitrogen and oxygen atoms in total. The van der Waals surface area contributed by atoms with Crippen molar-refractivity contribution in [1.82, 2.24) is 15.2 Å². The van der Waals surface area contributed by atoms with Gasteiger partial charge in [0.1, 0.15) is 0 Å². The van der Waals surface area contributed by atoms with Crippen LogP contribution in [0.4, 0.5) is 0 Å². The van der Waals surface area contributed by atoms with Gasteiger partial charge in [-0.1, -0.05) is 6.07 Å². The first-order chi connectivity index (χ1) is 8.81. The molecule has 2 aliphatic rings. The van der Waals surface area contributed by atoms with Gasteiger partial charge < -0.3 is 10.2 Å². The fraction of sp³-hybridized carbons (Fsp3) is 0.571. The first-order valence-electron chi connectivity index (χ1n) is 6.68. The molecule has 1 amide bonds. The van der Waals surface area contributed by atoms with Crippen LogP contribution in [0.1, 0.15) is 12.0 Å². The van der Waals surface area contributed by atoms with Gasteiger partial charge in [0.2, 0.25) is 5.91 Å². The number of carbonyl (C=O) groups is 1. The van der Waals surface area contributed by atoms with Crippen molar-refractivity contribution in [2.24, 2.45) is 11.8 Å². The number of nitrogens with zero attached hydrogens (tertiary/aromatic N) is 2. The second-order valence-corrected chi connectivity index (χ2v) is 5.46. The summed E-state index contributed by atoms with van der Waals surface area (Å²) in [4.78, 5) is 18.4. The van der Waals surface area contributed by atoms with Crippen LogP contribution in [0, 0.1) is 11.8 Å². The van der Waals surface area contributed by atoms with Gasteiger partial charge in [-0.2, -0.15) is 0 Å². The number of likely N-dealkylation sites (tertiary alicyclic amines) is 1. The highest BCUT2D eigenvalue weighted by atomic mass is 16.2. The number of piperidine rings is 2. The SMILES string of the molecule is O=C(Cc1cccnc1)N1C[C@@H]2CNC[C@@H](C2)C1. The van der Waals surface area contributed by atoms with Crippen LogP contribution in [0.2, 0.25) is 0 Å². The number of carbonyl (C=O) groups excluding carboxylic acids is 1. The predicted octanol–water partition coefficient (Wildman–Crippen LogP) is 0.692. The van der Waals surface area contributed by atoms with E-state index in [9.17, 15) is 4.79 Å². The molecule has 1 N–H and O–H groups in total. The molecule has 2 fully saturated rings. The summed E-state index contributed by atoms with van der Waals surface area (Å²) in [7, 11) is 0. The van der Waals surface area contributed by atoms with Crippen molar-refractivity contribution in [2.75, 3.05) is 26.2 Å². The number of aromatic nitrogens is 1. The lowest BCUT2D eigenvalue weighted by atomic mass is 9.85. The summed E-state index contributed by atoms with van der Waals surface area (Å²) in [6, 6.07) is 3.86. The molecule has 2 atom stereocenters. The van der Waals surface area contributed by atoms with Crippen LogP contribution in [0.5, 0.6) is 0 Å². The van der Waals surface area contributed by atoms with E-state index < -0.39 is 0 Å². The maximum absolute atomic E-state index is 12.3. The molecule has 3 heterocycles. The number of nitrogens with one attached hydrogen (secondary N) is 1. The highest BCUT2D eigenvalue weighted by Crippen LogP contribution is 2.24. The first-order valence-corrected chi connectivity index (χ1v) is 6.68. The number of amides is 1. The van der Waals surface area contributed by atoms with Crippen LogP contribution in [0.15, 0.2) is 24.5 Å². The van der Waals surface area contributed by atoms with Gasteiger partial charge in [-0.15, -0.1) is 0 Å². The third-order valence-electron chi connectivity index (χ3n) is 3.92. The summed E-state index contributed by atoms with van der Waals surface area (Å²) in [5, 5.41) is 3.45. The Balaban J connectivity index is 1.63. The predicted molar refractivity (Wildman–Crippen MR) is 69.0 cm³/mol. The second-order valence-electron chi connectivity index (χ2n) is 5.46. The lowest BCUT2D eigenvalue weighted by Crippen LogP contribution is -2.53. The fourth-order valence-electron chi connectivity index (χ4n) is 3.10. The number of pyridine rings is 1. The van der Waals surface area contributed by atoms with Gasteiger partial charge in [0.25, 0.3) is 0 Å². The van der Waals surface area contributed by atoms with E-state index in [1.54, 1.807) is 12.4 Å². The average Bonchev–Trinajstić information content (AvgIpc) is 2.39. The van der Waals surface area contributed by atoms with E-state index in [0.717, 1.165) is 31.7 Å². The molecular formula is C14H19N3O. The molecule has 0 spiro atoms. The minimum atomic E-state index is 0.250. The van der Waals surface area contributed by atoms with Crippen LogP contribution in [-0.4, -0.2) is 42.0 Å². The first kappa shape index (κ1) is 11.7. The van der Waals surface area contributed by atoms with Gasteiger partial charge >= 0.3 is 0 Å². The Bertz CT molecular complexity index is 408. The third kappa shape index (κ3) is 2.53. The van der Waals surface area contributed by atoms with Crippen LogP contribution in [0.3, 0.4) is 0 Å². The monoisotopic (exact) mass is 245 g/mol. The van der Waals surface area contributed by atoms with E-state index >= 15 is 0 Å². The van der Waals surface area contributed by atoms with Crippen LogP contribution >= 0.6 is 0 Å². The molecule has 1 aromatic heterocycles. The molecule has 18 heavy (non-hydrogen) atoms. The summed E-state index contributed by atoms with van der Waals surface area (Å²) in [6.07, 6.45) is 5.29. The molecule has 1 aromatic rings. The Labute approximate surface area is 107 Å². The molecule has 0 aromatic carbocycles. The van der Waals surface area contributed by atoms with Gasteiger partial charge in [-0.25, -0.2) is 0 Å². The van der Waals surface area contributed by atoms with E-state index in [-0.39, 0.29) is 5.91 Å². The molecule has 96 valence electrons. The largest absolute Gasteiger partial charge is 0.342 e. The standard InChI is InChI=1S/C14H19N3O/c18-14(5-11-2-1-3-15-6-11)17-9-12-4-13(10-17)8-16-7-12/h1-3,6,12-13,16H,4-5,7-10H2/t12-,13+. The minimum absolute atomic E-state index is 0.250. The Hall–Kier alpha value is -1.42. The van der Waals surface area contributed by atoms with Crippen molar-refractivity contribution in [1.29, 1.82) is 0 Å². The zero-order valence-corrected chi connectivity index (χ0v) is 10.5. The quantitative estimate of drug-likeness (QED) is 0.834. The Morgan fingerprint density at radius 2 is 2.17 bits per heavy atom. The summed E-state index contributed by atoms with van der Waals surface area (Å²) < 4.78 is 0. The molecule has 0 radical (unpaired) electrons. The van der Waals surface area contributed by atoms with E-state index in [0.29, 0.717) is 18.3 Å². The van der Waals surface area contributed by atoms with Gasteiger partial charge in [-0.3, -0.25) is 9.78 Å². The van der Waals surface area contributed by atoms with E-state index in [1.165, 1.54) is 6.42 Å². The number of hydrogen-bond donors (Lipinski definition) is 1. The number of hydrogen-bond acceptors (Lipinski definition) is 3. The second kappa shape index (κ2) is 5.06. The van der Waals surface area contributed by atoms with E-state index in [2.05, 4.69) is 10.3 Å². The fourth-order valence-corrected chi connectivity index (χ4v) is 3.10. The van der Waals surface area contributed by atoms with Gasteiger partial charge in [0.15, 0.2) is 0 Å².